The summed E-state index contributed by atoms with van der Waals surface area (Å²) >= 11 is 2.66. The van der Waals surface area contributed by atoms with Crippen molar-refractivity contribution in [3.8, 4) is 39.9 Å². The van der Waals surface area contributed by atoms with Crippen LogP contribution >= 0.6 is 22.7 Å². The van der Waals surface area contributed by atoms with Crippen molar-refractivity contribution in [2.75, 3.05) is 0 Å². The lowest BCUT2D eigenvalue weighted by atomic mass is 10.1. The van der Waals surface area contributed by atoms with Crippen molar-refractivity contribution < 1.29 is 13.7 Å². The van der Waals surface area contributed by atoms with E-state index < -0.39 is 30.2 Å². The highest BCUT2D eigenvalue weighted by Crippen LogP contribution is 2.42. The van der Waals surface area contributed by atoms with Gasteiger partial charge in [-0.05, 0) is 48.4 Å². The Kier molecular flexibility index (Phi) is 4.47. The zero-order valence-corrected chi connectivity index (χ0v) is 28.0. The van der Waals surface area contributed by atoms with Crippen molar-refractivity contribution in [1.29, 1.82) is 0 Å². The number of nitrogens with zero attached hydrogens (tertiary/aromatic N) is 4. The summed E-state index contributed by atoms with van der Waals surface area (Å²) in [5.74, 6) is 1.07. The second-order valence-electron chi connectivity index (χ2n) is 12.0. The van der Waals surface area contributed by atoms with E-state index in [1.54, 1.807) is 40.2 Å². The van der Waals surface area contributed by atoms with E-state index >= 15 is 0 Å². The molecule has 11 aromatic rings. The van der Waals surface area contributed by atoms with E-state index in [1.165, 1.54) is 0 Å². The molecule has 0 aliphatic rings. The number of hydrogen-bond donors (Lipinski definition) is 0. The van der Waals surface area contributed by atoms with Crippen molar-refractivity contribution in [3.63, 3.8) is 0 Å². The molecule has 0 N–H and O–H groups in total. The van der Waals surface area contributed by atoms with Gasteiger partial charge >= 0.3 is 0 Å². The van der Waals surface area contributed by atoms with Gasteiger partial charge in [0.2, 0.25) is 0 Å². The third-order valence-corrected chi connectivity index (χ3v) is 11.3. The fourth-order valence-electron chi connectivity index (χ4n) is 6.80. The third-order valence-electron chi connectivity index (χ3n) is 9.11. The second-order valence-corrected chi connectivity index (χ2v) is 14.1. The van der Waals surface area contributed by atoms with Crippen LogP contribution in [0.2, 0.25) is 0 Å². The summed E-state index contributed by atoms with van der Waals surface area (Å²) < 4.78 is 93.9. The lowest BCUT2D eigenvalue weighted by Crippen LogP contribution is -2.03. The van der Waals surface area contributed by atoms with Crippen LogP contribution in [0, 0.1) is 0 Å². The van der Waals surface area contributed by atoms with Crippen LogP contribution in [0.3, 0.4) is 0 Å². The SMILES string of the molecule is [2H]c1c([2H])c([2H])c2c(sc3c([2H])c4c(c([2H])c32)c2c([2H])c([2H])c([2H])c([2H])c2n4-c2ccccc2-c2nc(-c3ccccc3)nc(-c3ccc4c(c3)sc3ccccc34)n2)c1[2H]. The van der Waals surface area contributed by atoms with Crippen LogP contribution in [-0.2, 0) is 0 Å². The average Bonchev–Trinajstić information content (AvgIpc) is 3.99. The molecule has 238 valence electrons. The van der Waals surface area contributed by atoms with Gasteiger partial charge in [-0.15, -0.1) is 22.7 Å². The predicted molar refractivity (Wildman–Crippen MR) is 216 cm³/mol. The Morgan fingerprint density at radius 3 is 2.08 bits per heavy atom. The number of benzene rings is 7. The number of rotatable bonds is 4. The highest BCUT2D eigenvalue weighted by atomic mass is 32.1. The van der Waals surface area contributed by atoms with E-state index in [0.717, 1.165) is 42.6 Å². The lowest BCUT2D eigenvalue weighted by molar-refractivity contribution is 1.07. The first-order chi connectivity index (χ1) is 29.4. The monoisotopic (exact) mass is 696 g/mol. The first kappa shape index (κ1) is 20.5. The van der Waals surface area contributed by atoms with E-state index in [9.17, 15) is 5.48 Å². The standard InChI is InChI=1S/C45H26N4S2/c1-2-12-27(13-3-1)43-46-44(28-22-23-32-30-15-6-10-20-39(30)50-41(32)24-28)48-45(47-43)33-17-5-9-19-37(33)49-36-18-8-4-14-29(36)34-25-35-31-16-7-11-21-40(31)51-42(35)26-38(34)49/h1-26H/i4D,7D,8D,11D,14D,16D,18D,21D,25D,26D. The first-order valence-corrected chi connectivity index (χ1v) is 17.8. The van der Waals surface area contributed by atoms with Gasteiger partial charge in [0.25, 0.3) is 0 Å². The summed E-state index contributed by atoms with van der Waals surface area (Å²) in [5.41, 5.74) is 2.48. The van der Waals surface area contributed by atoms with Crippen molar-refractivity contribution >= 4 is 84.8 Å². The summed E-state index contributed by atoms with van der Waals surface area (Å²) in [6, 6.07) is 27.3. The molecule has 0 amide bonds. The predicted octanol–water partition coefficient (Wildman–Crippen LogP) is 12.7. The van der Waals surface area contributed by atoms with Crippen LogP contribution in [0.1, 0.15) is 13.7 Å². The Balaban J connectivity index is 1.25. The zero-order valence-electron chi connectivity index (χ0n) is 36.3. The molecule has 51 heavy (non-hydrogen) atoms. The molecule has 7 aromatic carbocycles. The summed E-state index contributed by atoms with van der Waals surface area (Å²) in [7, 11) is 0. The number of aromatic nitrogens is 4. The molecule has 0 atom stereocenters. The minimum Gasteiger partial charge on any atom is -0.308 e. The molecule has 0 saturated carbocycles. The topological polar surface area (TPSA) is 43.6 Å². The van der Waals surface area contributed by atoms with Gasteiger partial charge in [-0.3, -0.25) is 0 Å². The van der Waals surface area contributed by atoms with E-state index in [0.29, 0.717) is 22.9 Å². The number of hydrogen-bond acceptors (Lipinski definition) is 5. The molecule has 0 bridgehead atoms. The van der Waals surface area contributed by atoms with Gasteiger partial charge in [-0.25, -0.2) is 15.0 Å². The third kappa shape index (κ3) is 4.47. The summed E-state index contributed by atoms with van der Waals surface area (Å²) in [6.07, 6.45) is 0. The van der Waals surface area contributed by atoms with Gasteiger partial charge < -0.3 is 4.57 Å². The molecule has 11 rings (SSSR count). The zero-order chi connectivity index (χ0) is 42.2. The van der Waals surface area contributed by atoms with Gasteiger partial charge in [0.1, 0.15) is 0 Å². The summed E-state index contributed by atoms with van der Waals surface area (Å²) in [4.78, 5) is 15.1. The van der Waals surface area contributed by atoms with Crippen LogP contribution in [-0.4, -0.2) is 19.5 Å². The Morgan fingerprint density at radius 2 is 1.16 bits per heavy atom. The molecule has 0 fully saturated rings. The minimum atomic E-state index is -0.516. The molecular weight excluding hydrogens is 661 g/mol. The molecule has 4 aromatic heterocycles. The first-order valence-electron chi connectivity index (χ1n) is 21.1. The Morgan fingerprint density at radius 1 is 0.451 bits per heavy atom. The van der Waals surface area contributed by atoms with Gasteiger partial charge in [0.05, 0.1) is 30.4 Å². The second kappa shape index (κ2) is 11.2. The lowest BCUT2D eigenvalue weighted by Gasteiger charge is -2.14. The van der Waals surface area contributed by atoms with E-state index in [2.05, 4.69) is 24.3 Å². The van der Waals surface area contributed by atoms with Crippen LogP contribution in [0.15, 0.2) is 157 Å². The van der Waals surface area contributed by atoms with Crippen LogP contribution in [0.5, 0.6) is 0 Å². The van der Waals surface area contributed by atoms with Gasteiger partial charge in [-0.1, -0.05) is 109 Å². The van der Waals surface area contributed by atoms with E-state index in [1.807, 2.05) is 48.5 Å². The highest BCUT2D eigenvalue weighted by Gasteiger charge is 2.20. The Labute approximate surface area is 314 Å². The number of para-hydroxylation sites is 2. The van der Waals surface area contributed by atoms with Gasteiger partial charge in [-0.2, -0.15) is 0 Å². The number of fused-ring (bicyclic) bond motifs is 9. The van der Waals surface area contributed by atoms with Crippen LogP contribution in [0.4, 0.5) is 0 Å². The van der Waals surface area contributed by atoms with Gasteiger partial charge in [0, 0.05) is 67.8 Å². The molecular formula is C45H26N4S2. The minimum absolute atomic E-state index is 0.00865. The summed E-state index contributed by atoms with van der Waals surface area (Å²) in [6.45, 7) is 0. The molecule has 0 aliphatic carbocycles. The molecule has 0 aliphatic heterocycles. The maximum absolute atomic E-state index is 9.79. The van der Waals surface area contributed by atoms with Crippen molar-refractivity contribution in [2.45, 2.75) is 0 Å². The molecule has 4 heterocycles. The van der Waals surface area contributed by atoms with Crippen molar-refractivity contribution in [2.24, 2.45) is 0 Å². The molecule has 4 nitrogen and oxygen atoms in total. The maximum atomic E-state index is 9.79. The summed E-state index contributed by atoms with van der Waals surface area (Å²) in [5, 5.41) is 2.55. The van der Waals surface area contributed by atoms with Crippen LogP contribution < -0.4 is 0 Å². The smallest absolute Gasteiger partial charge is 0.166 e. The van der Waals surface area contributed by atoms with Gasteiger partial charge in [0.15, 0.2) is 17.5 Å². The van der Waals surface area contributed by atoms with Crippen molar-refractivity contribution in [3.05, 3.63) is 157 Å². The Hall–Kier alpha value is -6.21. The fraction of sp³-hybridized carbons (Fsp3) is 0. The average molecular weight is 697 g/mol. The molecule has 0 spiro atoms. The fourth-order valence-corrected chi connectivity index (χ4v) is 8.91. The Bertz CT molecular complexity index is 3730. The maximum Gasteiger partial charge on any atom is 0.166 e. The molecule has 0 radical (unpaired) electrons. The quantitative estimate of drug-likeness (QED) is 0.184. The molecule has 0 unspecified atom stereocenters. The normalized spacial score (nSPS) is 14.7. The largest absolute Gasteiger partial charge is 0.308 e. The number of thiophene rings is 2. The highest BCUT2D eigenvalue weighted by molar-refractivity contribution is 7.26. The van der Waals surface area contributed by atoms with Crippen molar-refractivity contribution in [1.82, 2.24) is 19.5 Å². The van der Waals surface area contributed by atoms with Crippen LogP contribution in [0.25, 0.3) is 102 Å². The molecule has 6 heteroatoms. The molecule has 0 saturated heterocycles. The van der Waals surface area contributed by atoms with E-state index in [4.69, 9.17) is 23.2 Å². The van der Waals surface area contributed by atoms with E-state index in [-0.39, 0.29) is 78.0 Å².